The number of allylic oxidation sites excluding steroid dienone is 4. The predicted octanol–water partition coefficient (Wildman–Crippen LogP) is 3.06. The molecule has 0 saturated heterocycles. The summed E-state index contributed by atoms with van der Waals surface area (Å²) in [5, 5.41) is 0. The Bertz CT molecular complexity index is 540. The van der Waals surface area contributed by atoms with Crippen LogP contribution in [0.15, 0.2) is 41.1 Å². The molecule has 4 nitrogen and oxygen atoms in total. The second-order valence-electron chi connectivity index (χ2n) is 5.97. The minimum Gasteiger partial charge on any atom is -0.500 e. The second-order valence-corrected chi connectivity index (χ2v) is 5.97. The Morgan fingerprint density at radius 1 is 1.57 bits per heavy atom. The fourth-order valence-electron chi connectivity index (χ4n) is 2.73. The molecule has 0 radical (unpaired) electrons. The lowest BCUT2D eigenvalue weighted by Gasteiger charge is -2.29. The van der Waals surface area contributed by atoms with E-state index in [4.69, 9.17) is 9.47 Å². The van der Waals surface area contributed by atoms with Crippen molar-refractivity contribution in [1.29, 1.82) is 0 Å². The van der Waals surface area contributed by atoms with Crippen molar-refractivity contribution in [1.82, 2.24) is 0 Å². The quantitative estimate of drug-likeness (QED) is 0.731. The maximum absolute atomic E-state index is 12.3. The van der Waals surface area contributed by atoms with E-state index in [2.05, 4.69) is 11.6 Å². The Morgan fingerprint density at radius 2 is 2.29 bits per heavy atom. The largest absolute Gasteiger partial charge is 0.500 e. The van der Waals surface area contributed by atoms with Crippen LogP contribution in [-0.4, -0.2) is 30.9 Å². The number of nitrogens with zero attached hydrogens (tertiary/aromatic N) is 1. The molecule has 0 bridgehead atoms. The Morgan fingerprint density at radius 3 is 2.76 bits per heavy atom. The van der Waals surface area contributed by atoms with Gasteiger partial charge in [-0.15, -0.1) is 6.58 Å². The zero-order valence-corrected chi connectivity index (χ0v) is 13.2. The molecule has 0 saturated carbocycles. The first kappa shape index (κ1) is 15.5. The van der Waals surface area contributed by atoms with E-state index in [1.54, 1.807) is 13.2 Å². The topological polar surface area (TPSA) is 47.9 Å². The maximum Gasteiger partial charge on any atom is 0.213 e. The molecule has 0 aromatic rings. The van der Waals surface area contributed by atoms with Gasteiger partial charge in [-0.2, -0.15) is 0 Å². The van der Waals surface area contributed by atoms with E-state index in [0.717, 1.165) is 5.57 Å². The van der Waals surface area contributed by atoms with Crippen LogP contribution >= 0.6 is 0 Å². The molecular weight excluding hydrogens is 266 g/mol. The number of ketones is 1. The fourth-order valence-corrected chi connectivity index (χ4v) is 2.73. The summed E-state index contributed by atoms with van der Waals surface area (Å²) in [7, 11) is 1.59. The van der Waals surface area contributed by atoms with Crippen molar-refractivity contribution < 1.29 is 14.3 Å². The van der Waals surface area contributed by atoms with Crippen molar-refractivity contribution in [3.8, 4) is 0 Å². The van der Waals surface area contributed by atoms with Gasteiger partial charge in [-0.1, -0.05) is 13.0 Å². The number of hydrogen-bond donors (Lipinski definition) is 0. The van der Waals surface area contributed by atoms with Crippen molar-refractivity contribution in [3.63, 3.8) is 0 Å². The third-order valence-corrected chi connectivity index (χ3v) is 3.85. The molecule has 0 aromatic heterocycles. The van der Waals surface area contributed by atoms with E-state index in [1.165, 1.54) is 0 Å². The summed E-state index contributed by atoms with van der Waals surface area (Å²) in [6.07, 6.45) is 6.00. The molecule has 0 N–H and O–H groups in total. The lowest BCUT2D eigenvalue weighted by molar-refractivity contribution is -0.123. The molecule has 0 amide bonds. The van der Waals surface area contributed by atoms with Crippen LogP contribution in [0.3, 0.4) is 0 Å². The molecule has 1 aliphatic heterocycles. The zero-order valence-electron chi connectivity index (χ0n) is 13.2. The molecule has 0 spiro atoms. The minimum absolute atomic E-state index is 0.136. The Balaban J connectivity index is 2.42. The summed E-state index contributed by atoms with van der Waals surface area (Å²) < 4.78 is 11.1. The van der Waals surface area contributed by atoms with Crippen LogP contribution < -0.4 is 0 Å². The van der Waals surface area contributed by atoms with Gasteiger partial charge in [0.25, 0.3) is 0 Å². The highest BCUT2D eigenvalue weighted by Crippen LogP contribution is 2.37. The number of carbonyl (C=O) groups is 1. The van der Waals surface area contributed by atoms with Gasteiger partial charge in [0.2, 0.25) is 5.90 Å². The molecule has 2 rings (SSSR count). The second kappa shape index (κ2) is 5.88. The van der Waals surface area contributed by atoms with Crippen molar-refractivity contribution in [2.45, 2.75) is 32.7 Å². The normalized spacial score (nSPS) is 27.1. The van der Waals surface area contributed by atoms with E-state index < -0.39 is 0 Å². The third kappa shape index (κ3) is 2.94. The van der Waals surface area contributed by atoms with Gasteiger partial charge in [0, 0.05) is 17.9 Å². The van der Waals surface area contributed by atoms with Crippen LogP contribution in [0.2, 0.25) is 0 Å². The predicted molar refractivity (Wildman–Crippen MR) is 83.1 cm³/mol. The molecule has 114 valence electrons. The summed E-state index contributed by atoms with van der Waals surface area (Å²) >= 11 is 0. The van der Waals surface area contributed by atoms with Gasteiger partial charge in [-0.05, 0) is 26.0 Å². The minimum atomic E-state index is -0.340. The van der Waals surface area contributed by atoms with Crippen molar-refractivity contribution in [2.24, 2.45) is 16.8 Å². The lowest BCUT2D eigenvalue weighted by Crippen LogP contribution is -2.31. The molecule has 2 atom stereocenters. The first-order valence-corrected chi connectivity index (χ1v) is 7.27. The first-order chi connectivity index (χ1) is 9.93. The number of carbonyl (C=O) groups excluding carboxylic acids is 1. The molecular formula is C17H23NO3. The summed E-state index contributed by atoms with van der Waals surface area (Å²) in [6, 6.07) is 0. The Kier molecular flexibility index (Phi) is 4.35. The number of aliphatic imine (C=N–C) groups is 1. The van der Waals surface area contributed by atoms with E-state index in [1.807, 2.05) is 32.9 Å². The standard InChI is InChI=1S/C17H23NO3/c1-6-11-12(16-18-17(3,4)10-21-16)8-9-14(20-5)15(11)13(19)7-2/h6,8-9,11,15H,1,7,10H2,2-5H3/t11-,15-/m1/s1. The Labute approximate surface area is 126 Å². The van der Waals surface area contributed by atoms with E-state index >= 15 is 0 Å². The number of ether oxygens (including phenoxy) is 2. The summed E-state index contributed by atoms with van der Waals surface area (Å²) in [6.45, 7) is 10.4. The van der Waals surface area contributed by atoms with E-state index in [0.29, 0.717) is 24.7 Å². The fraction of sp³-hybridized carbons (Fsp3) is 0.529. The van der Waals surface area contributed by atoms with Gasteiger partial charge in [-0.3, -0.25) is 4.79 Å². The lowest BCUT2D eigenvalue weighted by atomic mass is 9.77. The number of rotatable bonds is 5. The van der Waals surface area contributed by atoms with Crippen molar-refractivity contribution >= 4 is 11.7 Å². The first-order valence-electron chi connectivity index (χ1n) is 7.27. The summed E-state index contributed by atoms with van der Waals surface area (Å²) in [5.74, 6) is 0.924. The molecule has 1 aliphatic carbocycles. The summed E-state index contributed by atoms with van der Waals surface area (Å²) in [4.78, 5) is 16.9. The van der Waals surface area contributed by atoms with Gasteiger partial charge < -0.3 is 9.47 Å². The average Bonchev–Trinajstić information content (AvgIpc) is 2.84. The van der Waals surface area contributed by atoms with Gasteiger partial charge in [0.1, 0.15) is 18.1 Å². The van der Waals surface area contributed by atoms with Crippen molar-refractivity contribution in [2.75, 3.05) is 13.7 Å². The van der Waals surface area contributed by atoms with Crippen LogP contribution in [0.25, 0.3) is 0 Å². The number of methoxy groups -OCH3 is 1. The SMILES string of the molecule is C=C[C@@H]1C(C2=NC(C)(C)CO2)=CC=C(OC)[C@H]1C(=O)CC. The van der Waals surface area contributed by atoms with Crippen LogP contribution in [0, 0.1) is 11.8 Å². The van der Waals surface area contributed by atoms with Crippen LogP contribution in [0.1, 0.15) is 27.2 Å². The van der Waals surface area contributed by atoms with Gasteiger partial charge in [0.15, 0.2) is 0 Å². The highest BCUT2D eigenvalue weighted by molar-refractivity contribution is 5.98. The third-order valence-electron chi connectivity index (χ3n) is 3.85. The monoisotopic (exact) mass is 289 g/mol. The van der Waals surface area contributed by atoms with Gasteiger partial charge in [0.05, 0.1) is 18.6 Å². The molecule has 2 aliphatic rings. The average molecular weight is 289 g/mol. The maximum atomic E-state index is 12.3. The van der Waals surface area contributed by atoms with Crippen LogP contribution in [0.5, 0.6) is 0 Å². The van der Waals surface area contributed by atoms with Crippen molar-refractivity contribution in [3.05, 3.63) is 36.1 Å². The highest BCUT2D eigenvalue weighted by atomic mass is 16.5. The van der Waals surface area contributed by atoms with Gasteiger partial charge >= 0.3 is 0 Å². The highest BCUT2D eigenvalue weighted by Gasteiger charge is 2.39. The molecule has 1 heterocycles. The molecule has 21 heavy (non-hydrogen) atoms. The molecule has 0 fully saturated rings. The number of Topliss-reactive ketones (excluding diaryl/α,β-unsaturated/α-hetero) is 1. The van der Waals surface area contributed by atoms with Gasteiger partial charge in [-0.25, -0.2) is 4.99 Å². The zero-order chi connectivity index (χ0) is 15.6. The van der Waals surface area contributed by atoms with E-state index in [9.17, 15) is 4.79 Å². The number of hydrogen-bond acceptors (Lipinski definition) is 4. The molecule has 0 aromatic carbocycles. The van der Waals surface area contributed by atoms with Crippen LogP contribution in [0.4, 0.5) is 0 Å². The Hall–Kier alpha value is -1.84. The smallest absolute Gasteiger partial charge is 0.213 e. The van der Waals surface area contributed by atoms with E-state index in [-0.39, 0.29) is 23.2 Å². The molecule has 4 heteroatoms. The summed E-state index contributed by atoms with van der Waals surface area (Å²) in [5.41, 5.74) is 0.681. The van der Waals surface area contributed by atoms with Crippen LogP contribution in [-0.2, 0) is 14.3 Å². The molecule has 0 unspecified atom stereocenters.